The first-order valence-electron chi connectivity index (χ1n) is 8.90. The first-order chi connectivity index (χ1) is 10.3. The van der Waals surface area contributed by atoms with Gasteiger partial charge >= 0.3 is 0 Å². The van der Waals surface area contributed by atoms with Crippen molar-refractivity contribution in [1.82, 2.24) is 0 Å². The van der Waals surface area contributed by atoms with E-state index in [-0.39, 0.29) is 10.8 Å². The maximum absolute atomic E-state index is 10.7. The van der Waals surface area contributed by atoms with Crippen LogP contribution in [0.3, 0.4) is 0 Å². The van der Waals surface area contributed by atoms with Crippen molar-refractivity contribution in [1.29, 1.82) is 0 Å². The summed E-state index contributed by atoms with van der Waals surface area (Å²) in [5.41, 5.74) is 9.45. The first kappa shape index (κ1) is 14.4. The van der Waals surface area contributed by atoms with Crippen LogP contribution in [0.4, 0.5) is 5.69 Å². The Morgan fingerprint density at radius 1 is 1.00 bits per heavy atom. The van der Waals surface area contributed by atoms with Crippen LogP contribution in [0.2, 0.25) is 0 Å². The van der Waals surface area contributed by atoms with E-state index in [0.717, 1.165) is 23.3 Å². The molecule has 1 aromatic carbocycles. The predicted octanol–water partition coefficient (Wildman–Crippen LogP) is 4.74. The second kappa shape index (κ2) is 4.43. The number of phenolic OH excluding ortho intramolecular Hbond substituents is 1. The number of hydrogen-bond acceptors (Lipinski definition) is 2. The molecule has 0 aliphatic heterocycles. The van der Waals surface area contributed by atoms with Crippen LogP contribution in [-0.2, 0) is 10.8 Å². The number of nitrogens with two attached hydrogens (primary N) is 1. The third kappa shape index (κ3) is 2.06. The van der Waals surface area contributed by atoms with Crippen molar-refractivity contribution in [3.05, 3.63) is 23.3 Å². The Hall–Kier alpha value is -1.18. The van der Waals surface area contributed by atoms with E-state index in [1.807, 2.05) is 6.07 Å². The van der Waals surface area contributed by atoms with Gasteiger partial charge in [-0.05, 0) is 78.7 Å². The molecule has 4 aliphatic carbocycles. The second-order valence-corrected chi connectivity index (χ2v) is 9.41. The Morgan fingerprint density at radius 3 is 1.95 bits per heavy atom. The van der Waals surface area contributed by atoms with E-state index in [2.05, 4.69) is 26.8 Å². The highest BCUT2D eigenvalue weighted by molar-refractivity contribution is 5.61. The van der Waals surface area contributed by atoms with Gasteiger partial charge in [0.25, 0.3) is 0 Å². The lowest BCUT2D eigenvalue weighted by molar-refractivity contribution is -0.00614. The molecule has 4 bridgehead atoms. The van der Waals surface area contributed by atoms with Crippen LogP contribution in [0, 0.1) is 17.8 Å². The van der Waals surface area contributed by atoms with Crippen LogP contribution < -0.4 is 5.73 Å². The molecule has 120 valence electrons. The first-order valence-corrected chi connectivity index (χ1v) is 8.90. The Morgan fingerprint density at radius 2 is 1.50 bits per heavy atom. The van der Waals surface area contributed by atoms with Gasteiger partial charge in [-0.2, -0.15) is 0 Å². The van der Waals surface area contributed by atoms with Crippen molar-refractivity contribution in [2.75, 3.05) is 5.73 Å². The summed E-state index contributed by atoms with van der Waals surface area (Å²) in [6, 6.07) is 4.25. The normalized spacial score (nSPS) is 36.8. The summed E-state index contributed by atoms with van der Waals surface area (Å²) in [6.07, 6.45) is 8.07. The highest BCUT2D eigenvalue weighted by Crippen LogP contribution is 2.62. The number of rotatable bonds is 1. The van der Waals surface area contributed by atoms with Gasteiger partial charge in [0.05, 0.1) is 5.69 Å². The summed E-state index contributed by atoms with van der Waals surface area (Å²) >= 11 is 0. The van der Waals surface area contributed by atoms with E-state index in [9.17, 15) is 5.11 Å². The van der Waals surface area contributed by atoms with Gasteiger partial charge in [-0.15, -0.1) is 0 Å². The third-order valence-corrected chi connectivity index (χ3v) is 6.62. The second-order valence-electron chi connectivity index (χ2n) is 9.41. The van der Waals surface area contributed by atoms with E-state index in [1.54, 1.807) is 0 Å². The van der Waals surface area contributed by atoms with Crippen LogP contribution in [0.25, 0.3) is 0 Å². The fourth-order valence-corrected chi connectivity index (χ4v) is 5.93. The average Bonchev–Trinajstić information content (AvgIpc) is 2.38. The summed E-state index contributed by atoms with van der Waals surface area (Å²) in [5, 5.41) is 10.7. The van der Waals surface area contributed by atoms with Gasteiger partial charge in [-0.1, -0.05) is 26.8 Å². The molecule has 3 N–H and O–H groups in total. The molecule has 0 heterocycles. The molecule has 0 atom stereocenters. The molecule has 0 saturated heterocycles. The summed E-state index contributed by atoms with van der Waals surface area (Å²) in [4.78, 5) is 0. The molecule has 0 amide bonds. The summed E-state index contributed by atoms with van der Waals surface area (Å²) in [7, 11) is 0. The Balaban J connectivity index is 1.84. The summed E-state index contributed by atoms with van der Waals surface area (Å²) < 4.78 is 0. The molecule has 5 rings (SSSR count). The molecular formula is C20H29NO. The molecule has 22 heavy (non-hydrogen) atoms. The van der Waals surface area contributed by atoms with Crippen molar-refractivity contribution in [2.24, 2.45) is 17.8 Å². The van der Waals surface area contributed by atoms with Crippen molar-refractivity contribution in [3.63, 3.8) is 0 Å². The molecule has 0 unspecified atom stereocenters. The average molecular weight is 299 g/mol. The molecule has 2 nitrogen and oxygen atoms in total. The minimum absolute atomic E-state index is 0.0683. The van der Waals surface area contributed by atoms with Crippen molar-refractivity contribution >= 4 is 5.69 Å². The zero-order valence-corrected chi connectivity index (χ0v) is 14.2. The smallest absolute Gasteiger partial charge is 0.142 e. The van der Waals surface area contributed by atoms with Crippen LogP contribution >= 0.6 is 0 Å². The van der Waals surface area contributed by atoms with E-state index in [0.29, 0.717) is 11.4 Å². The minimum atomic E-state index is 0.0683. The fraction of sp³-hybridized carbons (Fsp3) is 0.700. The zero-order valence-electron chi connectivity index (χ0n) is 14.2. The largest absolute Gasteiger partial charge is 0.505 e. The van der Waals surface area contributed by atoms with Crippen LogP contribution in [0.1, 0.15) is 70.4 Å². The van der Waals surface area contributed by atoms with Crippen LogP contribution in [-0.4, -0.2) is 5.11 Å². The van der Waals surface area contributed by atoms with Crippen molar-refractivity contribution in [3.8, 4) is 5.75 Å². The summed E-state index contributed by atoms with van der Waals surface area (Å²) in [5.74, 6) is 3.01. The number of phenols is 1. The van der Waals surface area contributed by atoms with Crippen LogP contribution in [0.5, 0.6) is 5.75 Å². The Bertz CT molecular complexity index is 576. The van der Waals surface area contributed by atoms with E-state index in [4.69, 9.17) is 5.73 Å². The molecule has 4 aliphatic rings. The van der Waals surface area contributed by atoms with Gasteiger partial charge in [0.2, 0.25) is 0 Å². The number of nitrogen functional groups attached to an aromatic ring is 1. The fourth-order valence-electron chi connectivity index (χ4n) is 5.93. The Labute approximate surface area is 134 Å². The molecule has 0 aromatic heterocycles. The lowest BCUT2D eigenvalue weighted by Crippen LogP contribution is -2.48. The highest BCUT2D eigenvalue weighted by atomic mass is 16.3. The number of hydrogen-bond donors (Lipinski definition) is 2. The molecule has 0 spiro atoms. The SMILES string of the molecule is CC(C)(C)c1cc(N)c(O)c(C23CC4CC(CC(C4)C2)C3)c1. The molecular weight excluding hydrogens is 270 g/mol. The maximum Gasteiger partial charge on any atom is 0.142 e. The Kier molecular flexibility index (Phi) is 2.90. The highest BCUT2D eigenvalue weighted by Gasteiger charge is 2.52. The van der Waals surface area contributed by atoms with E-state index in [1.165, 1.54) is 44.1 Å². The topological polar surface area (TPSA) is 46.2 Å². The third-order valence-electron chi connectivity index (χ3n) is 6.62. The monoisotopic (exact) mass is 299 g/mol. The van der Waals surface area contributed by atoms with Crippen molar-refractivity contribution < 1.29 is 5.11 Å². The van der Waals surface area contributed by atoms with Crippen molar-refractivity contribution in [2.45, 2.75) is 70.1 Å². The quantitative estimate of drug-likeness (QED) is 0.581. The molecule has 1 aromatic rings. The van der Waals surface area contributed by atoms with Gasteiger partial charge in [-0.25, -0.2) is 0 Å². The minimum Gasteiger partial charge on any atom is -0.505 e. The maximum atomic E-state index is 10.7. The standard InChI is InChI=1S/C20H29NO/c1-19(2,3)15-7-16(18(22)17(21)8-15)20-9-12-4-13(10-20)6-14(5-12)11-20/h7-8,12-14,22H,4-6,9-11,21H2,1-3H3. The molecule has 4 fully saturated rings. The van der Waals surface area contributed by atoms with Gasteiger partial charge in [0, 0.05) is 5.56 Å². The number of anilines is 1. The number of aromatic hydroxyl groups is 1. The van der Waals surface area contributed by atoms with E-state index >= 15 is 0 Å². The lowest BCUT2D eigenvalue weighted by atomic mass is 9.48. The van der Waals surface area contributed by atoms with Gasteiger partial charge in [0.15, 0.2) is 0 Å². The molecule has 4 saturated carbocycles. The van der Waals surface area contributed by atoms with Gasteiger partial charge in [-0.3, -0.25) is 0 Å². The van der Waals surface area contributed by atoms with Gasteiger partial charge < -0.3 is 10.8 Å². The zero-order chi connectivity index (χ0) is 15.7. The molecule has 0 radical (unpaired) electrons. The summed E-state index contributed by atoms with van der Waals surface area (Å²) in [6.45, 7) is 6.67. The predicted molar refractivity (Wildman–Crippen MR) is 91.1 cm³/mol. The van der Waals surface area contributed by atoms with Crippen LogP contribution in [0.15, 0.2) is 12.1 Å². The lowest BCUT2D eigenvalue weighted by Gasteiger charge is -2.57. The number of benzene rings is 1. The van der Waals surface area contributed by atoms with Gasteiger partial charge in [0.1, 0.15) is 5.75 Å². The van der Waals surface area contributed by atoms with E-state index < -0.39 is 0 Å². The molecule has 2 heteroatoms.